The fourth-order valence-corrected chi connectivity index (χ4v) is 3.57. The molecule has 0 aliphatic carbocycles. The number of nitrogens with one attached hydrogen (secondary N) is 1. The highest BCUT2D eigenvalue weighted by molar-refractivity contribution is 7.99. The Kier molecular flexibility index (Phi) is 5.15. The predicted molar refractivity (Wildman–Crippen MR) is 76.7 cm³/mol. The highest BCUT2D eigenvalue weighted by Crippen LogP contribution is 2.24. The van der Waals surface area contributed by atoms with Gasteiger partial charge in [0.1, 0.15) is 10.3 Å². The van der Waals surface area contributed by atoms with Gasteiger partial charge in [0.2, 0.25) is 0 Å². The number of hydrogen-bond acceptors (Lipinski definition) is 3. The molecule has 1 atom stereocenters. The van der Waals surface area contributed by atoms with Crippen molar-refractivity contribution in [2.45, 2.75) is 24.5 Å². The Morgan fingerprint density at radius 2 is 2.11 bits per heavy atom. The summed E-state index contributed by atoms with van der Waals surface area (Å²) in [5.41, 5.74) is 0.459. The van der Waals surface area contributed by atoms with Crippen molar-refractivity contribution in [1.82, 2.24) is 10.3 Å². The Bertz CT molecular complexity index is 416. The van der Waals surface area contributed by atoms with Gasteiger partial charge in [-0.25, -0.2) is 4.98 Å². The smallest absolute Gasteiger partial charge is 0.251 e. The number of amides is 1. The van der Waals surface area contributed by atoms with Crippen LogP contribution in [0.25, 0.3) is 0 Å². The third-order valence-electron chi connectivity index (χ3n) is 2.79. The Hall–Kier alpha value is -0.450. The summed E-state index contributed by atoms with van der Waals surface area (Å²) in [6, 6.07) is 3.05. The van der Waals surface area contributed by atoms with Crippen LogP contribution in [0, 0.1) is 0 Å². The number of carbonyl (C=O) groups excluding carboxylic acids is 1. The molecule has 2 heterocycles. The van der Waals surface area contributed by atoms with Crippen molar-refractivity contribution in [3.05, 3.63) is 28.0 Å². The van der Waals surface area contributed by atoms with E-state index >= 15 is 0 Å². The lowest BCUT2D eigenvalue weighted by Gasteiger charge is -2.21. The molecule has 1 amide bonds. The molecule has 0 saturated carbocycles. The van der Waals surface area contributed by atoms with Crippen molar-refractivity contribution in [3.8, 4) is 0 Å². The van der Waals surface area contributed by atoms with Crippen molar-refractivity contribution >= 4 is 40.9 Å². The summed E-state index contributed by atoms with van der Waals surface area (Å²) in [6.45, 7) is 0.695. The van der Waals surface area contributed by atoms with Gasteiger partial charge < -0.3 is 5.32 Å². The van der Waals surface area contributed by atoms with Crippen LogP contribution < -0.4 is 5.32 Å². The van der Waals surface area contributed by atoms with E-state index in [0.29, 0.717) is 17.4 Å². The van der Waals surface area contributed by atoms with Crippen molar-refractivity contribution in [2.24, 2.45) is 0 Å². The maximum atomic E-state index is 11.9. The van der Waals surface area contributed by atoms with Gasteiger partial charge in [-0.05, 0) is 30.7 Å². The minimum atomic E-state index is -0.146. The SMILES string of the molecule is O=C(NCC1CCCCS1)c1cc(Cl)nc(Cl)c1. The molecule has 0 radical (unpaired) electrons. The van der Waals surface area contributed by atoms with Gasteiger partial charge in [-0.1, -0.05) is 29.6 Å². The van der Waals surface area contributed by atoms with Crippen LogP contribution in [0.15, 0.2) is 12.1 Å². The third kappa shape index (κ3) is 4.04. The van der Waals surface area contributed by atoms with Gasteiger partial charge in [0.05, 0.1) is 0 Å². The first-order valence-corrected chi connectivity index (χ1v) is 7.68. The molecule has 1 unspecified atom stereocenters. The molecular weight excluding hydrogens is 291 g/mol. The lowest BCUT2D eigenvalue weighted by Crippen LogP contribution is -2.31. The maximum Gasteiger partial charge on any atom is 0.251 e. The predicted octanol–water partition coefficient (Wildman–Crippen LogP) is 3.40. The molecule has 6 heteroatoms. The summed E-state index contributed by atoms with van der Waals surface area (Å²) in [5.74, 6) is 1.04. The van der Waals surface area contributed by atoms with Gasteiger partial charge in [0.25, 0.3) is 5.91 Å². The Labute approximate surface area is 121 Å². The Morgan fingerprint density at radius 3 is 2.72 bits per heavy atom. The first kappa shape index (κ1) is 14.0. The van der Waals surface area contributed by atoms with Gasteiger partial charge >= 0.3 is 0 Å². The summed E-state index contributed by atoms with van der Waals surface area (Å²) in [7, 11) is 0. The average molecular weight is 305 g/mol. The van der Waals surface area contributed by atoms with Gasteiger partial charge in [-0.3, -0.25) is 4.79 Å². The minimum absolute atomic E-state index is 0.146. The van der Waals surface area contributed by atoms with E-state index in [1.807, 2.05) is 11.8 Å². The molecule has 98 valence electrons. The van der Waals surface area contributed by atoms with E-state index in [4.69, 9.17) is 23.2 Å². The molecule has 1 aromatic rings. The molecule has 0 bridgehead atoms. The summed E-state index contributed by atoms with van der Waals surface area (Å²) >= 11 is 13.5. The van der Waals surface area contributed by atoms with Crippen LogP contribution in [0.5, 0.6) is 0 Å². The third-order valence-corrected chi connectivity index (χ3v) is 4.57. The van der Waals surface area contributed by atoms with Crippen LogP contribution in [-0.4, -0.2) is 28.4 Å². The van der Waals surface area contributed by atoms with Crippen LogP contribution in [0.1, 0.15) is 29.6 Å². The summed E-state index contributed by atoms with van der Waals surface area (Å²) < 4.78 is 0. The summed E-state index contributed by atoms with van der Waals surface area (Å²) in [5, 5.41) is 3.91. The molecule has 0 aromatic carbocycles. The minimum Gasteiger partial charge on any atom is -0.351 e. The first-order chi connectivity index (χ1) is 8.65. The van der Waals surface area contributed by atoms with Crippen LogP contribution in [0.3, 0.4) is 0 Å². The molecule has 2 rings (SSSR count). The fourth-order valence-electron chi connectivity index (χ4n) is 1.87. The van der Waals surface area contributed by atoms with E-state index in [0.717, 1.165) is 0 Å². The van der Waals surface area contributed by atoms with Crippen LogP contribution in [0.4, 0.5) is 0 Å². The second kappa shape index (κ2) is 6.64. The number of thioether (sulfide) groups is 1. The molecular formula is C12H14Cl2N2OS. The second-order valence-electron chi connectivity index (χ2n) is 4.20. The Balaban J connectivity index is 1.90. The highest BCUT2D eigenvalue weighted by Gasteiger charge is 2.15. The molecule has 1 fully saturated rings. The first-order valence-electron chi connectivity index (χ1n) is 5.88. The molecule has 1 aliphatic heterocycles. The van der Waals surface area contributed by atoms with Gasteiger partial charge in [-0.2, -0.15) is 11.8 Å². The van der Waals surface area contributed by atoms with Gasteiger partial charge in [0.15, 0.2) is 0 Å². The summed E-state index contributed by atoms with van der Waals surface area (Å²) in [6.07, 6.45) is 3.70. The number of hydrogen-bond donors (Lipinski definition) is 1. The fraction of sp³-hybridized carbons (Fsp3) is 0.500. The standard InChI is InChI=1S/C12H14Cl2N2OS/c13-10-5-8(6-11(14)16-10)12(17)15-7-9-3-1-2-4-18-9/h5-6,9H,1-4,7H2,(H,15,17). The maximum absolute atomic E-state index is 11.9. The lowest BCUT2D eigenvalue weighted by molar-refractivity contribution is 0.0953. The number of halogens is 2. The number of aromatic nitrogens is 1. The average Bonchev–Trinajstić information content (AvgIpc) is 2.36. The lowest BCUT2D eigenvalue weighted by atomic mass is 10.2. The molecule has 3 nitrogen and oxygen atoms in total. The molecule has 0 spiro atoms. The van der Waals surface area contributed by atoms with Crippen molar-refractivity contribution in [2.75, 3.05) is 12.3 Å². The topological polar surface area (TPSA) is 42.0 Å². The highest BCUT2D eigenvalue weighted by atomic mass is 35.5. The van der Waals surface area contributed by atoms with Crippen LogP contribution >= 0.6 is 35.0 Å². The van der Waals surface area contributed by atoms with Crippen molar-refractivity contribution in [3.63, 3.8) is 0 Å². The van der Waals surface area contributed by atoms with Crippen molar-refractivity contribution < 1.29 is 4.79 Å². The van der Waals surface area contributed by atoms with Crippen molar-refractivity contribution in [1.29, 1.82) is 0 Å². The normalized spacial score (nSPS) is 19.6. The van der Waals surface area contributed by atoms with E-state index in [-0.39, 0.29) is 16.2 Å². The molecule has 1 saturated heterocycles. The summed E-state index contributed by atoms with van der Waals surface area (Å²) in [4.78, 5) is 15.7. The zero-order valence-electron chi connectivity index (χ0n) is 9.79. The zero-order valence-corrected chi connectivity index (χ0v) is 12.1. The quantitative estimate of drug-likeness (QED) is 0.870. The number of rotatable bonds is 3. The van der Waals surface area contributed by atoms with E-state index in [1.165, 1.54) is 37.1 Å². The van der Waals surface area contributed by atoms with Gasteiger partial charge in [0, 0.05) is 17.4 Å². The number of pyridine rings is 1. The molecule has 1 N–H and O–H groups in total. The van der Waals surface area contributed by atoms with E-state index in [2.05, 4.69) is 10.3 Å². The molecule has 18 heavy (non-hydrogen) atoms. The van der Waals surface area contributed by atoms with Crippen LogP contribution in [-0.2, 0) is 0 Å². The molecule has 1 aliphatic rings. The Morgan fingerprint density at radius 1 is 1.39 bits per heavy atom. The van der Waals surface area contributed by atoms with Crippen LogP contribution in [0.2, 0.25) is 10.3 Å². The van der Waals surface area contributed by atoms with E-state index in [9.17, 15) is 4.79 Å². The second-order valence-corrected chi connectivity index (χ2v) is 6.38. The zero-order chi connectivity index (χ0) is 13.0. The van der Waals surface area contributed by atoms with E-state index < -0.39 is 0 Å². The monoisotopic (exact) mass is 304 g/mol. The van der Waals surface area contributed by atoms with Gasteiger partial charge in [-0.15, -0.1) is 0 Å². The van der Waals surface area contributed by atoms with E-state index in [1.54, 1.807) is 0 Å². The number of carbonyl (C=O) groups is 1. The largest absolute Gasteiger partial charge is 0.351 e. The molecule has 1 aromatic heterocycles. The number of nitrogens with zero attached hydrogens (tertiary/aromatic N) is 1.